The maximum atomic E-state index is 11.0. The molecule has 5 heteroatoms. The van der Waals surface area contributed by atoms with Crippen molar-refractivity contribution in [2.75, 3.05) is 12.4 Å². The molecule has 0 aliphatic carbocycles. The minimum absolute atomic E-state index is 0.184. The molecule has 1 aromatic heterocycles. The van der Waals surface area contributed by atoms with Crippen molar-refractivity contribution in [1.82, 2.24) is 9.78 Å². The highest BCUT2D eigenvalue weighted by atomic mass is 32.2. The number of nitrogens with zero attached hydrogens (tertiary/aromatic N) is 2. The van der Waals surface area contributed by atoms with Crippen LogP contribution in [0.25, 0.3) is 0 Å². The first-order valence-electron chi connectivity index (χ1n) is 3.99. The van der Waals surface area contributed by atoms with Crippen LogP contribution in [0.15, 0.2) is 17.3 Å². The van der Waals surface area contributed by atoms with Gasteiger partial charge in [0.1, 0.15) is 0 Å². The third-order valence-corrected chi connectivity index (χ3v) is 2.27. The zero-order valence-electron chi connectivity index (χ0n) is 7.69. The molecule has 0 aliphatic rings. The number of aryl methyl sites for hydroxylation is 1. The fourth-order valence-electron chi connectivity index (χ4n) is 0.818. The van der Waals surface area contributed by atoms with Crippen molar-refractivity contribution in [2.24, 2.45) is 7.05 Å². The Morgan fingerprint density at radius 1 is 1.77 bits per heavy atom. The Kier molecular flexibility index (Phi) is 3.82. The van der Waals surface area contributed by atoms with Crippen LogP contribution in [-0.2, 0) is 16.6 Å². The average molecular weight is 200 g/mol. The van der Waals surface area contributed by atoms with Crippen molar-refractivity contribution in [1.29, 1.82) is 0 Å². The van der Waals surface area contributed by atoms with Gasteiger partial charge in [-0.1, -0.05) is 0 Å². The summed E-state index contributed by atoms with van der Waals surface area (Å²) in [4.78, 5) is 11.9. The first-order chi connectivity index (χ1) is 6.22. The molecule has 0 saturated heterocycles. The van der Waals surface area contributed by atoms with Gasteiger partial charge >= 0.3 is 5.97 Å². The molecule has 0 fully saturated rings. The molecule has 0 unspecified atom stereocenters. The van der Waals surface area contributed by atoms with Gasteiger partial charge in [0.2, 0.25) is 0 Å². The van der Waals surface area contributed by atoms with Crippen LogP contribution in [0.2, 0.25) is 0 Å². The van der Waals surface area contributed by atoms with E-state index in [1.807, 2.05) is 13.2 Å². The summed E-state index contributed by atoms with van der Waals surface area (Å²) < 4.78 is 6.49. The Balaban J connectivity index is 2.30. The number of thioether (sulfide) groups is 1. The van der Waals surface area contributed by atoms with Crippen LogP contribution in [-0.4, -0.2) is 28.1 Å². The van der Waals surface area contributed by atoms with Crippen molar-refractivity contribution >= 4 is 17.7 Å². The van der Waals surface area contributed by atoms with Crippen LogP contribution in [0.3, 0.4) is 0 Å². The quantitative estimate of drug-likeness (QED) is 0.539. The lowest BCUT2D eigenvalue weighted by Crippen LogP contribution is -2.06. The Morgan fingerprint density at radius 2 is 2.54 bits per heavy atom. The number of hydrogen-bond donors (Lipinski definition) is 0. The zero-order chi connectivity index (χ0) is 9.68. The van der Waals surface area contributed by atoms with Crippen LogP contribution in [0, 0.1) is 0 Å². The Hall–Kier alpha value is -0.970. The van der Waals surface area contributed by atoms with Crippen molar-refractivity contribution in [3.63, 3.8) is 0 Å². The van der Waals surface area contributed by atoms with Gasteiger partial charge in [0.25, 0.3) is 0 Å². The van der Waals surface area contributed by atoms with Gasteiger partial charge in [-0.15, -0.1) is 11.8 Å². The zero-order valence-corrected chi connectivity index (χ0v) is 8.50. The lowest BCUT2D eigenvalue weighted by Gasteiger charge is -1.98. The third-order valence-electron chi connectivity index (χ3n) is 1.34. The van der Waals surface area contributed by atoms with Gasteiger partial charge in [-0.2, -0.15) is 5.10 Å². The molecule has 0 bridgehead atoms. The summed E-state index contributed by atoms with van der Waals surface area (Å²) in [7, 11) is 1.84. The normalized spacial score (nSPS) is 10.0. The minimum Gasteiger partial charge on any atom is -0.465 e. The Labute approximate surface area is 81.3 Å². The van der Waals surface area contributed by atoms with Gasteiger partial charge in [-0.3, -0.25) is 9.48 Å². The van der Waals surface area contributed by atoms with Crippen molar-refractivity contribution in [2.45, 2.75) is 11.8 Å². The molecule has 0 atom stereocenters. The van der Waals surface area contributed by atoms with Gasteiger partial charge in [0.05, 0.1) is 18.6 Å². The van der Waals surface area contributed by atoms with Crippen LogP contribution in [0.1, 0.15) is 6.92 Å². The van der Waals surface area contributed by atoms with E-state index in [0.717, 1.165) is 4.90 Å². The highest BCUT2D eigenvalue weighted by Gasteiger charge is 2.03. The van der Waals surface area contributed by atoms with Gasteiger partial charge in [0.15, 0.2) is 0 Å². The average Bonchev–Trinajstić information content (AvgIpc) is 2.49. The molecule has 0 saturated carbocycles. The summed E-state index contributed by atoms with van der Waals surface area (Å²) in [5, 5.41) is 3.98. The van der Waals surface area contributed by atoms with E-state index < -0.39 is 0 Å². The fourth-order valence-corrected chi connectivity index (χ4v) is 1.53. The van der Waals surface area contributed by atoms with Crippen molar-refractivity contribution in [3.8, 4) is 0 Å². The number of esters is 1. The first-order valence-corrected chi connectivity index (χ1v) is 4.98. The van der Waals surface area contributed by atoms with Crippen LogP contribution >= 0.6 is 11.8 Å². The van der Waals surface area contributed by atoms with Crippen molar-refractivity contribution < 1.29 is 9.53 Å². The second-order valence-electron chi connectivity index (χ2n) is 2.44. The summed E-state index contributed by atoms with van der Waals surface area (Å²) in [6.45, 7) is 2.24. The summed E-state index contributed by atoms with van der Waals surface area (Å²) >= 11 is 1.43. The number of aromatic nitrogens is 2. The number of rotatable bonds is 4. The maximum Gasteiger partial charge on any atom is 0.316 e. The van der Waals surface area contributed by atoms with E-state index in [9.17, 15) is 4.79 Å². The second kappa shape index (κ2) is 4.91. The molecule has 0 N–H and O–H groups in total. The van der Waals surface area contributed by atoms with Gasteiger partial charge in [-0.05, 0) is 6.92 Å². The maximum absolute atomic E-state index is 11.0. The Bertz CT molecular complexity index is 285. The number of ether oxygens (including phenoxy) is 1. The van der Waals surface area contributed by atoms with Gasteiger partial charge in [-0.25, -0.2) is 0 Å². The van der Waals surface area contributed by atoms with Crippen LogP contribution in [0.5, 0.6) is 0 Å². The summed E-state index contributed by atoms with van der Waals surface area (Å²) in [5.74, 6) is 0.163. The molecule has 0 aliphatic heterocycles. The summed E-state index contributed by atoms with van der Waals surface area (Å²) in [6.07, 6.45) is 3.59. The predicted molar refractivity (Wildman–Crippen MR) is 50.6 cm³/mol. The number of carbonyl (C=O) groups is 1. The standard InChI is InChI=1S/C8H12N2O2S/c1-3-12-8(11)6-13-7-4-9-10(2)5-7/h4-5H,3,6H2,1-2H3. The van der Waals surface area contributed by atoms with Crippen LogP contribution < -0.4 is 0 Å². The highest BCUT2D eigenvalue weighted by Crippen LogP contribution is 2.15. The minimum atomic E-state index is -0.184. The smallest absolute Gasteiger partial charge is 0.316 e. The van der Waals surface area contributed by atoms with E-state index in [4.69, 9.17) is 4.74 Å². The van der Waals surface area contributed by atoms with Crippen molar-refractivity contribution in [3.05, 3.63) is 12.4 Å². The second-order valence-corrected chi connectivity index (χ2v) is 3.49. The van der Waals surface area contributed by atoms with E-state index in [0.29, 0.717) is 12.4 Å². The molecule has 0 radical (unpaired) electrons. The molecule has 0 aromatic carbocycles. The molecule has 0 spiro atoms. The monoisotopic (exact) mass is 200 g/mol. The number of carbonyl (C=O) groups excluding carboxylic acids is 1. The molecular weight excluding hydrogens is 188 g/mol. The van der Waals surface area contributed by atoms with E-state index in [1.54, 1.807) is 17.8 Å². The van der Waals surface area contributed by atoms with E-state index >= 15 is 0 Å². The first kappa shape index (κ1) is 10.1. The van der Waals surface area contributed by atoms with Gasteiger partial charge in [0, 0.05) is 18.1 Å². The van der Waals surface area contributed by atoms with E-state index in [1.165, 1.54) is 11.8 Å². The molecule has 0 amide bonds. The fraction of sp³-hybridized carbons (Fsp3) is 0.500. The van der Waals surface area contributed by atoms with E-state index in [-0.39, 0.29) is 5.97 Å². The largest absolute Gasteiger partial charge is 0.465 e. The molecule has 72 valence electrons. The summed E-state index contributed by atoms with van der Waals surface area (Å²) in [6, 6.07) is 0. The molecule has 1 heterocycles. The van der Waals surface area contributed by atoms with E-state index in [2.05, 4.69) is 5.10 Å². The SMILES string of the molecule is CCOC(=O)CSc1cnn(C)c1. The molecular formula is C8H12N2O2S. The molecule has 4 nitrogen and oxygen atoms in total. The lowest BCUT2D eigenvalue weighted by molar-refractivity contribution is -0.139. The van der Waals surface area contributed by atoms with Crippen LogP contribution in [0.4, 0.5) is 0 Å². The highest BCUT2D eigenvalue weighted by molar-refractivity contribution is 8.00. The summed E-state index contributed by atoms with van der Waals surface area (Å²) in [5.41, 5.74) is 0. The van der Waals surface area contributed by atoms with Gasteiger partial charge < -0.3 is 4.74 Å². The third kappa shape index (κ3) is 3.50. The lowest BCUT2D eigenvalue weighted by atomic mass is 10.7. The predicted octanol–water partition coefficient (Wildman–Crippen LogP) is 1.08. The Morgan fingerprint density at radius 3 is 3.08 bits per heavy atom. The topological polar surface area (TPSA) is 44.1 Å². The molecule has 13 heavy (non-hydrogen) atoms. The molecule has 1 rings (SSSR count). The molecule has 1 aromatic rings. The number of hydrogen-bond acceptors (Lipinski definition) is 4.